The van der Waals surface area contributed by atoms with Gasteiger partial charge in [-0.2, -0.15) is 0 Å². The quantitative estimate of drug-likeness (QED) is 0.638. The van der Waals surface area contributed by atoms with E-state index in [1.807, 2.05) is 0 Å². The van der Waals surface area contributed by atoms with Crippen LogP contribution >= 0.6 is 0 Å². The van der Waals surface area contributed by atoms with Crippen molar-refractivity contribution in [3.63, 3.8) is 0 Å². The first kappa shape index (κ1) is 21.1. The number of hydrogen-bond donors (Lipinski definition) is 1. The maximum absolute atomic E-state index is 14.0. The van der Waals surface area contributed by atoms with Gasteiger partial charge < -0.3 is 24.1 Å². The van der Waals surface area contributed by atoms with E-state index in [4.69, 9.17) is 14.2 Å². The second kappa shape index (κ2) is 8.81. The Bertz CT molecular complexity index is 1150. The number of rotatable bonds is 7. The van der Waals surface area contributed by atoms with Crippen LogP contribution in [0.5, 0.6) is 17.2 Å². The molecule has 3 rings (SSSR count). The van der Waals surface area contributed by atoms with E-state index in [0.29, 0.717) is 34.8 Å². The number of fused-ring (bicyclic) bond motifs is 1. The Kier molecular flexibility index (Phi) is 6.20. The molecule has 0 unspecified atom stereocenters. The fraction of sp³-hybridized carbons (Fsp3) is 0.286. The largest absolute Gasteiger partial charge is 0.494 e. The van der Waals surface area contributed by atoms with Gasteiger partial charge >= 0.3 is 0 Å². The Balaban J connectivity index is 1.94. The molecule has 0 atom stereocenters. The summed E-state index contributed by atoms with van der Waals surface area (Å²) in [5.41, 5.74) is 0.213. The summed E-state index contributed by atoms with van der Waals surface area (Å²) in [7, 11) is 4.32. The molecule has 9 heteroatoms. The smallest absolute Gasteiger partial charge is 0.258 e. The van der Waals surface area contributed by atoms with Crippen molar-refractivity contribution in [2.75, 3.05) is 27.9 Å². The third-order valence-electron chi connectivity index (χ3n) is 4.67. The first-order chi connectivity index (χ1) is 14.4. The van der Waals surface area contributed by atoms with E-state index in [2.05, 4.69) is 9.97 Å². The number of carbonyl (C=O) groups is 1. The van der Waals surface area contributed by atoms with E-state index in [9.17, 15) is 14.0 Å². The molecular weight excluding hydrogens is 393 g/mol. The van der Waals surface area contributed by atoms with Gasteiger partial charge in [0, 0.05) is 18.2 Å². The van der Waals surface area contributed by atoms with Crippen molar-refractivity contribution in [2.45, 2.75) is 13.5 Å². The Morgan fingerprint density at radius 1 is 1.07 bits per heavy atom. The van der Waals surface area contributed by atoms with Gasteiger partial charge in [0.1, 0.15) is 5.82 Å². The van der Waals surface area contributed by atoms with E-state index in [-0.39, 0.29) is 23.4 Å². The molecule has 2 aromatic carbocycles. The standard InChI is InChI=1S/C21H22FN3O5/c1-5-25(21(27)12-6-7-16(28-2)14(22)8-12)11-19-23-15-10-18(30-4)17(29-3)9-13(15)20(26)24-19/h6-10H,5,11H2,1-4H3,(H,23,24,26). The number of methoxy groups -OCH3 is 3. The highest BCUT2D eigenvalue weighted by Gasteiger charge is 2.19. The van der Waals surface area contributed by atoms with Gasteiger partial charge in [0.15, 0.2) is 23.1 Å². The molecule has 0 aliphatic carbocycles. The summed E-state index contributed by atoms with van der Waals surface area (Å²) >= 11 is 0. The first-order valence-corrected chi connectivity index (χ1v) is 9.19. The summed E-state index contributed by atoms with van der Waals surface area (Å²) in [6.07, 6.45) is 0. The SMILES string of the molecule is CCN(Cc1nc2cc(OC)c(OC)cc2c(=O)[nH]1)C(=O)c1ccc(OC)c(F)c1. The first-order valence-electron chi connectivity index (χ1n) is 9.19. The van der Waals surface area contributed by atoms with Crippen LogP contribution in [-0.4, -0.2) is 48.6 Å². The molecule has 0 bridgehead atoms. The van der Waals surface area contributed by atoms with Crippen LogP contribution in [0.2, 0.25) is 0 Å². The topological polar surface area (TPSA) is 93.8 Å². The third kappa shape index (κ3) is 4.05. The lowest BCUT2D eigenvalue weighted by Crippen LogP contribution is -2.32. The van der Waals surface area contributed by atoms with Crippen LogP contribution in [-0.2, 0) is 6.54 Å². The van der Waals surface area contributed by atoms with Crippen molar-refractivity contribution in [2.24, 2.45) is 0 Å². The number of aromatic amines is 1. The molecule has 0 saturated heterocycles. The molecule has 0 spiro atoms. The fourth-order valence-electron chi connectivity index (χ4n) is 3.08. The highest BCUT2D eigenvalue weighted by Crippen LogP contribution is 2.30. The van der Waals surface area contributed by atoms with Gasteiger partial charge in [-0.1, -0.05) is 0 Å². The number of halogens is 1. The molecule has 158 valence electrons. The molecule has 0 saturated carbocycles. The second-order valence-corrected chi connectivity index (χ2v) is 6.41. The van der Waals surface area contributed by atoms with Crippen molar-refractivity contribution < 1.29 is 23.4 Å². The number of H-pyrrole nitrogens is 1. The zero-order valence-corrected chi connectivity index (χ0v) is 17.1. The summed E-state index contributed by atoms with van der Waals surface area (Å²) in [6, 6.07) is 7.15. The maximum Gasteiger partial charge on any atom is 0.258 e. The minimum Gasteiger partial charge on any atom is -0.494 e. The van der Waals surface area contributed by atoms with E-state index < -0.39 is 11.7 Å². The minimum absolute atomic E-state index is 0.0442. The van der Waals surface area contributed by atoms with Crippen molar-refractivity contribution in [1.29, 1.82) is 0 Å². The van der Waals surface area contributed by atoms with Gasteiger partial charge in [0.25, 0.3) is 11.5 Å². The average Bonchev–Trinajstić information content (AvgIpc) is 2.76. The number of ether oxygens (including phenoxy) is 3. The molecule has 1 aromatic heterocycles. The van der Waals surface area contributed by atoms with Gasteiger partial charge in [-0.25, -0.2) is 9.37 Å². The molecular formula is C21H22FN3O5. The predicted octanol–water partition coefficient (Wildman–Crippen LogP) is 2.75. The van der Waals surface area contributed by atoms with Crippen LogP contribution in [0, 0.1) is 5.82 Å². The number of amides is 1. The van der Waals surface area contributed by atoms with Crippen molar-refractivity contribution in [1.82, 2.24) is 14.9 Å². The molecule has 30 heavy (non-hydrogen) atoms. The molecule has 0 aliphatic rings. The normalized spacial score (nSPS) is 10.7. The number of nitrogens with one attached hydrogen (secondary N) is 1. The Labute approximate surface area is 172 Å². The van der Waals surface area contributed by atoms with Gasteiger partial charge in [-0.15, -0.1) is 0 Å². The van der Waals surface area contributed by atoms with Crippen LogP contribution in [0.1, 0.15) is 23.1 Å². The lowest BCUT2D eigenvalue weighted by molar-refractivity contribution is 0.0748. The average molecular weight is 415 g/mol. The summed E-state index contributed by atoms with van der Waals surface area (Å²) < 4.78 is 29.4. The molecule has 0 radical (unpaired) electrons. The van der Waals surface area contributed by atoms with E-state index in [1.165, 1.54) is 38.4 Å². The van der Waals surface area contributed by atoms with Crippen LogP contribution in [0.4, 0.5) is 4.39 Å². The lowest BCUT2D eigenvalue weighted by atomic mass is 10.1. The minimum atomic E-state index is -0.627. The van der Waals surface area contributed by atoms with Crippen LogP contribution in [0.15, 0.2) is 35.1 Å². The Morgan fingerprint density at radius 3 is 2.33 bits per heavy atom. The molecule has 8 nitrogen and oxygen atoms in total. The molecule has 1 heterocycles. The summed E-state index contributed by atoms with van der Waals surface area (Å²) in [5, 5.41) is 0.336. The molecule has 1 amide bonds. The number of aromatic nitrogens is 2. The predicted molar refractivity (Wildman–Crippen MR) is 109 cm³/mol. The Hall–Kier alpha value is -3.62. The molecule has 1 N–H and O–H groups in total. The number of hydrogen-bond acceptors (Lipinski definition) is 6. The monoisotopic (exact) mass is 415 g/mol. The van der Waals surface area contributed by atoms with Crippen LogP contribution < -0.4 is 19.8 Å². The Morgan fingerprint density at radius 2 is 1.73 bits per heavy atom. The number of benzene rings is 2. The third-order valence-corrected chi connectivity index (χ3v) is 4.67. The van der Waals surface area contributed by atoms with Gasteiger partial charge in [-0.05, 0) is 31.2 Å². The summed E-state index contributed by atoms with van der Waals surface area (Å²) in [6.45, 7) is 2.16. The highest BCUT2D eigenvalue weighted by atomic mass is 19.1. The summed E-state index contributed by atoms with van der Waals surface area (Å²) in [4.78, 5) is 33.9. The van der Waals surface area contributed by atoms with Crippen LogP contribution in [0.25, 0.3) is 10.9 Å². The maximum atomic E-state index is 14.0. The number of nitrogens with zero attached hydrogens (tertiary/aromatic N) is 2. The summed E-state index contributed by atoms with van der Waals surface area (Å²) in [5.74, 6) is 0.179. The fourth-order valence-corrected chi connectivity index (χ4v) is 3.08. The van der Waals surface area contributed by atoms with Crippen LogP contribution in [0.3, 0.4) is 0 Å². The molecule has 0 aliphatic heterocycles. The van der Waals surface area contributed by atoms with Gasteiger partial charge in [-0.3, -0.25) is 9.59 Å². The van der Waals surface area contributed by atoms with Gasteiger partial charge in [0.2, 0.25) is 0 Å². The number of carbonyl (C=O) groups excluding carboxylic acids is 1. The second-order valence-electron chi connectivity index (χ2n) is 6.41. The molecule has 0 fully saturated rings. The van der Waals surface area contributed by atoms with Crippen molar-refractivity contribution in [3.05, 3.63) is 57.9 Å². The highest BCUT2D eigenvalue weighted by molar-refractivity contribution is 5.94. The zero-order chi connectivity index (χ0) is 21.8. The van der Waals surface area contributed by atoms with E-state index in [0.717, 1.165) is 6.07 Å². The van der Waals surface area contributed by atoms with Gasteiger partial charge in [0.05, 0.1) is 38.8 Å². The lowest BCUT2D eigenvalue weighted by Gasteiger charge is -2.21. The molecule has 3 aromatic rings. The van der Waals surface area contributed by atoms with E-state index >= 15 is 0 Å². The zero-order valence-electron chi connectivity index (χ0n) is 17.1. The van der Waals surface area contributed by atoms with E-state index in [1.54, 1.807) is 19.1 Å². The van der Waals surface area contributed by atoms with Crippen molar-refractivity contribution in [3.8, 4) is 17.2 Å². The van der Waals surface area contributed by atoms with Crippen molar-refractivity contribution >= 4 is 16.8 Å².